The topological polar surface area (TPSA) is 307 Å². The number of ether oxygens (including phenoxy) is 10. The Hall–Kier alpha value is -10.8. The Morgan fingerprint density at radius 3 is 1.07 bits per heavy atom. The number of terminal acetylenes is 4. The largest absolute Gasteiger partial charge is 0.508 e. The number of esters is 7. The maximum absolute atomic E-state index is 12.3. The van der Waals surface area contributed by atoms with Gasteiger partial charge in [-0.05, 0) is 30.3 Å². The minimum Gasteiger partial charge on any atom is -0.508 e. The molecule has 2 fully saturated rings. The highest BCUT2D eigenvalue weighted by Gasteiger charge is 2.47. The molecule has 0 saturated carbocycles. The van der Waals surface area contributed by atoms with E-state index in [-0.39, 0.29) is 87.8 Å². The number of carbonyl (C=O) groups excluding carboxylic acids is 8. The van der Waals surface area contributed by atoms with E-state index < -0.39 is 53.1 Å². The van der Waals surface area contributed by atoms with E-state index in [1.807, 2.05) is 36.4 Å². The second kappa shape index (κ2) is 42.2. The van der Waals surface area contributed by atoms with Crippen LogP contribution in [0.2, 0.25) is 0 Å². The van der Waals surface area contributed by atoms with Gasteiger partial charge in [-0.15, -0.1) is 25.7 Å². The van der Waals surface area contributed by atoms with Crippen LogP contribution in [-0.4, -0.2) is 127 Å². The lowest BCUT2D eigenvalue weighted by atomic mass is 9.96. The van der Waals surface area contributed by atoms with Gasteiger partial charge in [-0.2, -0.15) is 0 Å². The van der Waals surface area contributed by atoms with Crippen molar-refractivity contribution in [3.63, 3.8) is 0 Å². The molecule has 0 unspecified atom stereocenters. The number of aliphatic carboxylic acids is 1. The number of carbonyl (C=O) groups is 9. The number of aromatic hydroxyl groups is 2. The van der Waals surface area contributed by atoms with Crippen molar-refractivity contribution in [1.82, 2.24) is 0 Å². The zero-order valence-electron chi connectivity index (χ0n) is 50.5. The molecule has 0 bridgehead atoms. The predicted octanol–water partition coefficient (Wildman–Crippen LogP) is 7.44. The Balaban J connectivity index is 0.000000545. The van der Waals surface area contributed by atoms with E-state index in [9.17, 15) is 48.3 Å². The smallest absolute Gasteiger partial charge is 0.331 e. The molecule has 23 heteroatoms. The summed E-state index contributed by atoms with van der Waals surface area (Å²) in [5.41, 5.74) is 3.11. The Kier molecular flexibility index (Phi) is 36.2. The number of carboxylic acid groups (broad SMARTS) is 1. The summed E-state index contributed by atoms with van der Waals surface area (Å²) in [6, 6.07) is 34.3. The van der Waals surface area contributed by atoms with Crippen LogP contribution in [0.25, 0.3) is 0 Å². The van der Waals surface area contributed by atoms with E-state index in [4.69, 9.17) is 59.6 Å². The van der Waals surface area contributed by atoms with Crippen molar-refractivity contribution in [3.05, 3.63) is 149 Å². The van der Waals surface area contributed by atoms with E-state index in [1.165, 1.54) is 61.2 Å². The van der Waals surface area contributed by atoms with E-state index in [2.05, 4.69) is 63.3 Å². The van der Waals surface area contributed by atoms with Crippen LogP contribution in [0.5, 0.6) is 28.7 Å². The molecule has 3 N–H and O–H groups in total. The van der Waals surface area contributed by atoms with Gasteiger partial charge in [0.15, 0.2) is 5.78 Å². The highest BCUT2D eigenvalue weighted by Crippen LogP contribution is 2.27. The molecule has 90 heavy (non-hydrogen) atoms. The lowest BCUT2D eigenvalue weighted by Gasteiger charge is -2.32. The van der Waals surface area contributed by atoms with Crippen LogP contribution in [0.1, 0.15) is 61.9 Å². The van der Waals surface area contributed by atoms with Crippen LogP contribution in [0.15, 0.2) is 121 Å². The Bertz CT molecular complexity index is 3260. The van der Waals surface area contributed by atoms with Crippen molar-refractivity contribution < 1.29 is 106 Å². The molecule has 5 aromatic carbocycles. The number of ketones is 1. The molecule has 2 saturated heterocycles. The van der Waals surface area contributed by atoms with Crippen LogP contribution >= 0.6 is 15.9 Å². The molecule has 0 aliphatic carbocycles. The molecule has 0 amide bonds. The normalized spacial score (nSPS) is 12.6. The highest BCUT2D eigenvalue weighted by atomic mass is 79.9. The van der Waals surface area contributed by atoms with Gasteiger partial charge < -0.3 is 62.7 Å². The van der Waals surface area contributed by atoms with Crippen molar-refractivity contribution in [2.24, 2.45) is 5.92 Å². The predicted molar refractivity (Wildman–Crippen MR) is 329 cm³/mol. The summed E-state index contributed by atoms with van der Waals surface area (Å²) in [6.07, 6.45) is 20.0. The average Bonchev–Trinajstić information content (AvgIpc) is 0.838. The van der Waals surface area contributed by atoms with Gasteiger partial charge in [0, 0.05) is 61.9 Å². The molecule has 2 aliphatic heterocycles. The molecule has 0 atom stereocenters. The van der Waals surface area contributed by atoms with Gasteiger partial charge in [-0.3, -0.25) is 43.2 Å². The van der Waals surface area contributed by atoms with Gasteiger partial charge in [0.1, 0.15) is 55.0 Å². The second-order valence-electron chi connectivity index (χ2n) is 18.6. The van der Waals surface area contributed by atoms with E-state index in [0.717, 1.165) is 11.1 Å². The average molecular weight is 1310 g/mol. The number of para-hydroxylation sites is 5. The number of hydrogen-bond acceptors (Lipinski definition) is 21. The van der Waals surface area contributed by atoms with Crippen molar-refractivity contribution in [1.29, 1.82) is 0 Å². The van der Waals surface area contributed by atoms with E-state index >= 15 is 0 Å². The second-order valence-corrected chi connectivity index (χ2v) is 19.1. The van der Waals surface area contributed by atoms with Gasteiger partial charge in [0.2, 0.25) is 5.92 Å². The van der Waals surface area contributed by atoms with Crippen molar-refractivity contribution in [2.75, 3.05) is 46.5 Å². The standard InChI is InChI=1S/C17H16O6.2C12H12O3.C9H10O3.C8H8O3.C6H8O4.C3H3Br/c1-4-9-21-13-8-6-5-7-11(13)10-12(18)14-15(19)22-17(2,3)23-16(14)20;2*1-3-8-15-11-7-5-4-6-10(11)9-12(13)14-2;1-12-9(11)6-7-4-2-3-5-8(7)10;9-7-4-2-1-3-6(7)5-8(10)11;1-6(2)9-4(7)3-5(8)10-6;1-2-3-4/h1,5-8,14H,9-10H2,2-3H3;2*1,4-7H,8-9H2,2H3;2-5,10H,6H2,1H3;1-4,9H,5H2,(H,10,11);3H2,1-2H3;1H,3H2. The molecule has 0 aromatic heterocycles. The summed E-state index contributed by atoms with van der Waals surface area (Å²) < 4.78 is 48.8. The monoisotopic (exact) mass is 1300 g/mol. The van der Waals surface area contributed by atoms with Gasteiger partial charge in [0.25, 0.3) is 11.6 Å². The van der Waals surface area contributed by atoms with Crippen molar-refractivity contribution in [2.45, 2.75) is 77.8 Å². The molecule has 0 radical (unpaired) electrons. The number of rotatable bonds is 17. The Labute approximate surface area is 530 Å². The molecule has 2 heterocycles. The molecule has 22 nitrogen and oxygen atoms in total. The SMILES string of the molecule is C#CCBr.C#CCOc1ccccc1CC(=O)C1C(=O)OC(C)(C)OC1=O.C#CCOc1ccccc1CC(=O)OC.C#CCOc1ccccc1CC(=O)OC.CC1(C)OC(=O)CC(=O)O1.COC(=O)Cc1ccccc1O.O=C(O)Cc1ccccc1O. The van der Waals surface area contributed by atoms with Crippen LogP contribution in [0.4, 0.5) is 0 Å². The molecule has 0 spiro atoms. The summed E-state index contributed by atoms with van der Waals surface area (Å²) in [5.74, 6) is 1.88. The highest BCUT2D eigenvalue weighted by molar-refractivity contribution is 9.09. The first-order chi connectivity index (χ1) is 42.7. The van der Waals surface area contributed by atoms with Crippen molar-refractivity contribution >= 4 is 69.5 Å². The van der Waals surface area contributed by atoms with Crippen LogP contribution in [-0.2, 0) is 108 Å². The molecular formula is C67H69BrO22. The molecule has 5 aromatic rings. The van der Waals surface area contributed by atoms with Crippen LogP contribution < -0.4 is 14.2 Å². The number of Topliss-reactive ketones (excluding diaryl/α,β-unsaturated/α-hetero) is 1. The number of halogens is 1. The zero-order chi connectivity index (χ0) is 67.7. The van der Waals surface area contributed by atoms with Crippen molar-refractivity contribution in [3.8, 4) is 78.1 Å². The van der Waals surface area contributed by atoms with Gasteiger partial charge in [-0.25, -0.2) is 0 Å². The summed E-state index contributed by atoms with van der Waals surface area (Å²) in [4.78, 5) is 100. The molecule has 2 aliphatic rings. The summed E-state index contributed by atoms with van der Waals surface area (Å²) in [7, 11) is 4.03. The van der Waals surface area contributed by atoms with E-state index in [1.54, 1.807) is 72.8 Å². The maximum Gasteiger partial charge on any atom is 0.331 e. The molecular weight excluding hydrogens is 1240 g/mol. The Morgan fingerprint density at radius 1 is 0.478 bits per heavy atom. The minimum atomic E-state index is -1.58. The summed E-state index contributed by atoms with van der Waals surface area (Å²) >= 11 is 3.01. The Morgan fingerprint density at radius 2 is 0.767 bits per heavy atom. The van der Waals surface area contributed by atoms with Crippen LogP contribution in [0, 0.1) is 55.3 Å². The number of hydrogen-bond donors (Lipinski definition) is 3. The molecule has 7 rings (SSSR count). The fraction of sp³-hybridized carbons (Fsp3) is 0.299. The quantitative estimate of drug-likeness (QED) is 0.0268. The van der Waals surface area contributed by atoms with Gasteiger partial charge >= 0.3 is 47.8 Å². The first-order valence-corrected chi connectivity index (χ1v) is 27.7. The van der Waals surface area contributed by atoms with Crippen LogP contribution in [0.3, 0.4) is 0 Å². The van der Waals surface area contributed by atoms with E-state index in [0.29, 0.717) is 39.3 Å². The first-order valence-electron chi connectivity index (χ1n) is 26.5. The third kappa shape index (κ3) is 31.6. The van der Waals surface area contributed by atoms with Gasteiger partial charge in [0.05, 0.1) is 52.3 Å². The molecule has 476 valence electrons. The number of benzene rings is 5. The maximum atomic E-state index is 12.3. The fourth-order valence-corrected chi connectivity index (χ4v) is 6.93. The fourth-order valence-electron chi connectivity index (χ4n) is 6.93. The van der Waals surface area contributed by atoms with Gasteiger partial charge in [-0.1, -0.05) is 131 Å². The number of methoxy groups -OCH3 is 3. The zero-order valence-corrected chi connectivity index (χ0v) is 52.1. The lowest BCUT2D eigenvalue weighted by Crippen LogP contribution is -2.49. The number of cyclic esters (lactones) is 4. The minimum absolute atomic E-state index is 0.0369. The number of carboxylic acids is 1. The number of phenolic OH excluding ortho intramolecular Hbond substituents is 2. The number of phenols is 2. The first kappa shape index (κ1) is 77.3. The number of alkyl halides is 1. The third-order valence-corrected chi connectivity index (χ3v) is 11.1. The lowest BCUT2D eigenvalue weighted by molar-refractivity contribution is -0.239. The summed E-state index contributed by atoms with van der Waals surface area (Å²) in [5, 5.41) is 27.4. The summed E-state index contributed by atoms with van der Waals surface area (Å²) in [6.45, 7) is 6.31. The third-order valence-electron chi connectivity index (χ3n) is 10.8.